The highest BCUT2D eigenvalue weighted by Crippen LogP contribution is 2.38. The predicted octanol–water partition coefficient (Wildman–Crippen LogP) is 1.61. The molecule has 0 bridgehead atoms. The second kappa shape index (κ2) is 7.51. The quantitative estimate of drug-likeness (QED) is 0.911. The third-order valence-electron chi connectivity index (χ3n) is 4.15. The number of piperazine rings is 1. The number of β-amino-alcohol motifs (C(OH)–C–C–N with tert-alkyl or cyclic N) is 1. The molecule has 6 heteroatoms. The SMILES string of the molecule is OCCN1CCN(Cc2cc(Cl)c3c(c2)OCCCO3)CC1. The molecule has 122 valence electrons. The summed E-state index contributed by atoms with van der Waals surface area (Å²) in [6.07, 6.45) is 0.882. The van der Waals surface area contributed by atoms with Crippen molar-refractivity contribution in [2.24, 2.45) is 0 Å². The van der Waals surface area contributed by atoms with Crippen LogP contribution in [0.1, 0.15) is 12.0 Å². The van der Waals surface area contributed by atoms with Gasteiger partial charge in [0.25, 0.3) is 0 Å². The lowest BCUT2D eigenvalue weighted by atomic mass is 10.1. The molecule has 2 aliphatic heterocycles. The molecule has 2 heterocycles. The summed E-state index contributed by atoms with van der Waals surface area (Å²) in [4.78, 5) is 4.70. The Morgan fingerprint density at radius 2 is 1.77 bits per heavy atom. The van der Waals surface area contributed by atoms with E-state index in [1.165, 1.54) is 0 Å². The van der Waals surface area contributed by atoms with E-state index in [0.717, 1.165) is 57.0 Å². The van der Waals surface area contributed by atoms with Crippen molar-refractivity contribution in [3.8, 4) is 11.5 Å². The van der Waals surface area contributed by atoms with Crippen LogP contribution in [-0.4, -0.2) is 67.5 Å². The molecule has 0 spiro atoms. The fourth-order valence-corrected chi connectivity index (χ4v) is 3.23. The van der Waals surface area contributed by atoms with Crippen molar-refractivity contribution in [2.45, 2.75) is 13.0 Å². The Labute approximate surface area is 136 Å². The molecule has 0 unspecified atom stereocenters. The molecule has 0 radical (unpaired) electrons. The van der Waals surface area contributed by atoms with Gasteiger partial charge in [-0.25, -0.2) is 0 Å². The minimum absolute atomic E-state index is 0.234. The van der Waals surface area contributed by atoms with E-state index in [-0.39, 0.29) is 6.61 Å². The average molecular weight is 327 g/mol. The number of fused-ring (bicyclic) bond motifs is 1. The monoisotopic (exact) mass is 326 g/mol. The van der Waals surface area contributed by atoms with Crippen molar-refractivity contribution < 1.29 is 14.6 Å². The molecule has 3 rings (SSSR count). The number of nitrogens with zero attached hydrogens (tertiary/aromatic N) is 2. The molecule has 0 atom stereocenters. The van der Waals surface area contributed by atoms with E-state index in [9.17, 15) is 0 Å². The zero-order chi connectivity index (χ0) is 15.4. The molecule has 1 N–H and O–H groups in total. The first-order valence-electron chi connectivity index (χ1n) is 7.90. The Morgan fingerprint density at radius 3 is 2.55 bits per heavy atom. The van der Waals surface area contributed by atoms with Crippen molar-refractivity contribution >= 4 is 11.6 Å². The zero-order valence-corrected chi connectivity index (χ0v) is 13.5. The summed E-state index contributed by atoms with van der Waals surface area (Å²) in [5.74, 6) is 1.44. The number of hydrogen-bond acceptors (Lipinski definition) is 5. The molecule has 1 aromatic rings. The molecular weight excluding hydrogens is 304 g/mol. The van der Waals surface area contributed by atoms with Crippen LogP contribution >= 0.6 is 11.6 Å². The van der Waals surface area contributed by atoms with Gasteiger partial charge in [0.2, 0.25) is 0 Å². The third-order valence-corrected chi connectivity index (χ3v) is 4.43. The lowest BCUT2D eigenvalue weighted by molar-refractivity contribution is 0.108. The van der Waals surface area contributed by atoms with Gasteiger partial charge in [0.1, 0.15) is 0 Å². The highest BCUT2D eigenvalue weighted by atomic mass is 35.5. The zero-order valence-electron chi connectivity index (χ0n) is 12.8. The van der Waals surface area contributed by atoms with Crippen molar-refractivity contribution in [1.29, 1.82) is 0 Å². The fraction of sp³-hybridized carbons (Fsp3) is 0.625. The Bertz CT molecular complexity index is 504. The molecule has 0 saturated carbocycles. The number of hydrogen-bond donors (Lipinski definition) is 1. The van der Waals surface area contributed by atoms with E-state index < -0.39 is 0 Å². The number of aliphatic hydroxyl groups excluding tert-OH is 1. The van der Waals surface area contributed by atoms with Crippen LogP contribution in [0.5, 0.6) is 11.5 Å². The van der Waals surface area contributed by atoms with Gasteiger partial charge in [0.05, 0.1) is 24.8 Å². The standard InChI is InChI=1S/C16H23ClN2O3/c17-14-10-13(11-15-16(14)22-9-1-8-21-15)12-19-4-2-18(3-5-19)6-7-20/h10-11,20H,1-9,12H2. The average Bonchev–Trinajstić information content (AvgIpc) is 2.75. The van der Waals surface area contributed by atoms with Crippen LogP contribution in [-0.2, 0) is 6.54 Å². The van der Waals surface area contributed by atoms with Gasteiger partial charge in [-0.05, 0) is 17.7 Å². The van der Waals surface area contributed by atoms with Crippen LogP contribution < -0.4 is 9.47 Å². The normalized spacial score (nSPS) is 19.9. The number of ether oxygens (including phenoxy) is 2. The van der Waals surface area contributed by atoms with Crippen LogP contribution in [0.3, 0.4) is 0 Å². The second-order valence-corrected chi connectivity index (χ2v) is 6.20. The summed E-state index contributed by atoms with van der Waals surface area (Å²) < 4.78 is 11.4. The number of benzene rings is 1. The minimum Gasteiger partial charge on any atom is -0.489 e. The number of rotatable bonds is 4. The lowest BCUT2D eigenvalue weighted by Crippen LogP contribution is -2.46. The van der Waals surface area contributed by atoms with Gasteiger partial charge in [0.15, 0.2) is 11.5 Å². The maximum atomic E-state index is 8.99. The molecule has 5 nitrogen and oxygen atoms in total. The van der Waals surface area contributed by atoms with Gasteiger partial charge in [-0.1, -0.05) is 11.6 Å². The predicted molar refractivity (Wildman–Crippen MR) is 85.9 cm³/mol. The van der Waals surface area contributed by atoms with Crippen LogP contribution in [0, 0.1) is 0 Å². The molecule has 0 aromatic heterocycles. The van der Waals surface area contributed by atoms with Gasteiger partial charge in [-0.2, -0.15) is 0 Å². The molecule has 1 fully saturated rings. The highest BCUT2D eigenvalue weighted by Gasteiger charge is 2.19. The van der Waals surface area contributed by atoms with Gasteiger partial charge >= 0.3 is 0 Å². The Morgan fingerprint density at radius 1 is 1.05 bits per heavy atom. The largest absolute Gasteiger partial charge is 0.489 e. The molecule has 0 amide bonds. The van der Waals surface area contributed by atoms with Crippen molar-refractivity contribution in [1.82, 2.24) is 9.80 Å². The lowest BCUT2D eigenvalue weighted by Gasteiger charge is -2.34. The summed E-state index contributed by atoms with van der Waals surface area (Å²) in [7, 11) is 0. The van der Waals surface area contributed by atoms with Crippen molar-refractivity contribution in [2.75, 3.05) is 52.5 Å². The van der Waals surface area contributed by atoms with E-state index in [1.807, 2.05) is 12.1 Å². The second-order valence-electron chi connectivity index (χ2n) is 5.80. The maximum absolute atomic E-state index is 8.99. The van der Waals surface area contributed by atoms with Crippen molar-refractivity contribution in [3.63, 3.8) is 0 Å². The Hall–Kier alpha value is -1.01. The number of aliphatic hydroxyl groups is 1. The molecule has 22 heavy (non-hydrogen) atoms. The first kappa shape index (κ1) is 15.9. The summed E-state index contributed by atoms with van der Waals surface area (Å²) in [5, 5.41) is 9.62. The fourth-order valence-electron chi connectivity index (χ4n) is 2.95. The van der Waals surface area contributed by atoms with E-state index in [1.54, 1.807) is 0 Å². The van der Waals surface area contributed by atoms with Gasteiger partial charge < -0.3 is 14.6 Å². The topological polar surface area (TPSA) is 45.2 Å². The van der Waals surface area contributed by atoms with Crippen LogP contribution in [0.15, 0.2) is 12.1 Å². The first-order valence-corrected chi connectivity index (χ1v) is 8.27. The van der Waals surface area contributed by atoms with Gasteiger partial charge in [-0.15, -0.1) is 0 Å². The molecule has 1 aromatic carbocycles. The van der Waals surface area contributed by atoms with Crippen LogP contribution in [0.2, 0.25) is 5.02 Å². The van der Waals surface area contributed by atoms with E-state index in [4.69, 9.17) is 26.2 Å². The van der Waals surface area contributed by atoms with Crippen molar-refractivity contribution in [3.05, 3.63) is 22.7 Å². The van der Waals surface area contributed by atoms with E-state index in [0.29, 0.717) is 24.0 Å². The summed E-state index contributed by atoms with van der Waals surface area (Å²) in [5.41, 5.74) is 1.16. The Balaban J connectivity index is 1.64. The first-order chi connectivity index (χ1) is 10.8. The summed E-state index contributed by atoms with van der Waals surface area (Å²) in [6.45, 7) is 7.20. The van der Waals surface area contributed by atoms with Crippen LogP contribution in [0.25, 0.3) is 0 Å². The van der Waals surface area contributed by atoms with Crippen LogP contribution in [0.4, 0.5) is 0 Å². The van der Waals surface area contributed by atoms with E-state index in [2.05, 4.69) is 9.80 Å². The summed E-state index contributed by atoms with van der Waals surface area (Å²) in [6, 6.07) is 4.03. The number of halogens is 1. The van der Waals surface area contributed by atoms with Gasteiger partial charge in [0, 0.05) is 45.7 Å². The molecular formula is C16H23ClN2O3. The van der Waals surface area contributed by atoms with E-state index >= 15 is 0 Å². The summed E-state index contributed by atoms with van der Waals surface area (Å²) >= 11 is 6.34. The minimum atomic E-state index is 0.234. The highest BCUT2D eigenvalue weighted by molar-refractivity contribution is 6.32. The third kappa shape index (κ3) is 3.84. The maximum Gasteiger partial charge on any atom is 0.179 e. The Kier molecular flexibility index (Phi) is 5.41. The van der Waals surface area contributed by atoms with Gasteiger partial charge in [-0.3, -0.25) is 9.80 Å². The molecule has 0 aliphatic carbocycles. The smallest absolute Gasteiger partial charge is 0.179 e. The molecule has 1 saturated heterocycles. The molecule has 2 aliphatic rings.